The van der Waals surface area contributed by atoms with E-state index in [0.29, 0.717) is 6.04 Å². The zero-order valence-electron chi connectivity index (χ0n) is 12.1. The molecule has 2 N–H and O–H groups in total. The molecule has 1 unspecified atom stereocenters. The van der Waals surface area contributed by atoms with Crippen LogP contribution in [0.4, 0.5) is 0 Å². The number of nitrogens with one attached hydrogen (secondary N) is 1. The molecule has 0 radical (unpaired) electrons. The minimum Gasteiger partial charge on any atom is -0.393 e. The number of rotatable bonds is 6. The quantitative estimate of drug-likeness (QED) is 0.787. The summed E-state index contributed by atoms with van der Waals surface area (Å²) in [7, 11) is 0. The second kappa shape index (κ2) is 7.39. The molecule has 2 heterocycles. The normalized spacial score (nSPS) is 19.7. The fourth-order valence-electron chi connectivity index (χ4n) is 2.55. The number of nitrogens with zero attached hydrogens (tertiary/aromatic N) is 1. The topological polar surface area (TPSA) is 35.5 Å². The van der Waals surface area contributed by atoms with Gasteiger partial charge in [0.05, 0.1) is 6.10 Å². The summed E-state index contributed by atoms with van der Waals surface area (Å²) in [5, 5.41) is 13.1. The summed E-state index contributed by atoms with van der Waals surface area (Å²) >= 11 is 1.88. The van der Waals surface area contributed by atoms with Gasteiger partial charge < -0.3 is 15.3 Å². The van der Waals surface area contributed by atoms with E-state index in [1.54, 1.807) is 0 Å². The van der Waals surface area contributed by atoms with Crippen LogP contribution in [0.25, 0.3) is 0 Å². The number of aliphatic hydroxyl groups excluding tert-OH is 1. The molecule has 19 heavy (non-hydrogen) atoms. The Balaban J connectivity index is 1.59. The molecule has 0 aromatic carbocycles. The van der Waals surface area contributed by atoms with Crippen LogP contribution in [0.15, 0.2) is 12.1 Å². The summed E-state index contributed by atoms with van der Waals surface area (Å²) in [5.41, 5.74) is 0. The van der Waals surface area contributed by atoms with Crippen molar-refractivity contribution >= 4 is 11.3 Å². The maximum absolute atomic E-state index is 9.46. The van der Waals surface area contributed by atoms with Gasteiger partial charge >= 0.3 is 0 Å². The number of piperidine rings is 1. The molecule has 3 nitrogen and oxygen atoms in total. The number of hydrogen-bond acceptors (Lipinski definition) is 4. The molecule has 0 spiro atoms. The monoisotopic (exact) mass is 282 g/mol. The number of aliphatic hydroxyl groups is 1. The first-order valence-electron chi connectivity index (χ1n) is 7.35. The van der Waals surface area contributed by atoms with E-state index in [1.807, 2.05) is 11.3 Å². The highest BCUT2D eigenvalue weighted by Gasteiger charge is 2.16. The third kappa shape index (κ3) is 4.88. The van der Waals surface area contributed by atoms with Crippen molar-refractivity contribution in [2.24, 2.45) is 0 Å². The fraction of sp³-hybridized carbons (Fsp3) is 0.733. The molecule has 1 aliphatic heterocycles. The highest BCUT2D eigenvalue weighted by Crippen LogP contribution is 2.22. The number of thiophene rings is 1. The van der Waals surface area contributed by atoms with Gasteiger partial charge in [-0.1, -0.05) is 0 Å². The van der Waals surface area contributed by atoms with Crippen LogP contribution < -0.4 is 5.32 Å². The Morgan fingerprint density at radius 1 is 1.42 bits per heavy atom. The maximum Gasteiger partial charge on any atom is 0.0564 e. The summed E-state index contributed by atoms with van der Waals surface area (Å²) < 4.78 is 0. The average Bonchev–Trinajstić information content (AvgIpc) is 2.83. The second-order valence-electron chi connectivity index (χ2n) is 5.55. The molecule has 1 atom stereocenters. The highest BCUT2D eigenvalue weighted by molar-refractivity contribution is 7.12. The molecule has 0 amide bonds. The van der Waals surface area contributed by atoms with E-state index < -0.39 is 0 Å². The van der Waals surface area contributed by atoms with E-state index in [9.17, 15) is 5.11 Å². The average molecular weight is 282 g/mol. The van der Waals surface area contributed by atoms with Crippen molar-refractivity contribution < 1.29 is 5.11 Å². The Morgan fingerprint density at radius 2 is 2.16 bits per heavy atom. The summed E-state index contributed by atoms with van der Waals surface area (Å²) in [6.07, 6.45) is 3.01. The van der Waals surface area contributed by atoms with E-state index in [4.69, 9.17) is 0 Å². The van der Waals surface area contributed by atoms with Gasteiger partial charge in [-0.05, 0) is 58.3 Å². The molecule has 0 bridgehead atoms. The van der Waals surface area contributed by atoms with Crippen LogP contribution in [0.2, 0.25) is 0 Å². The Hall–Kier alpha value is -0.420. The van der Waals surface area contributed by atoms with Crippen molar-refractivity contribution in [2.45, 2.75) is 45.3 Å². The first kappa shape index (κ1) is 15.0. The smallest absolute Gasteiger partial charge is 0.0564 e. The van der Waals surface area contributed by atoms with Crippen LogP contribution in [0.3, 0.4) is 0 Å². The van der Waals surface area contributed by atoms with E-state index in [1.165, 1.54) is 16.2 Å². The molecule has 2 rings (SSSR count). The lowest BCUT2D eigenvalue weighted by atomic mass is 10.1. The zero-order valence-corrected chi connectivity index (χ0v) is 12.9. The lowest BCUT2D eigenvalue weighted by molar-refractivity contribution is 0.0820. The van der Waals surface area contributed by atoms with Gasteiger partial charge in [-0.15, -0.1) is 11.3 Å². The SMILES string of the molecule is Cc1ccc(C(C)NCCCN2CCC(O)CC2)s1. The molecular weight excluding hydrogens is 256 g/mol. The molecule has 1 aliphatic rings. The van der Waals surface area contributed by atoms with Gasteiger partial charge in [-0.25, -0.2) is 0 Å². The van der Waals surface area contributed by atoms with Gasteiger partial charge in [-0.2, -0.15) is 0 Å². The van der Waals surface area contributed by atoms with Crippen molar-refractivity contribution in [2.75, 3.05) is 26.2 Å². The summed E-state index contributed by atoms with van der Waals surface area (Å²) in [6.45, 7) is 8.73. The zero-order chi connectivity index (χ0) is 13.7. The Morgan fingerprint density at radius 3 is 2.79 bits per heavy atom. The van der Waals surface area contributed by atoms with Crippen LogP contribution in [-0.4, -0.2) is 42.3 Å². The van der Waals surface area contributed by atoms with E-state index >= 15 is 0 Å². The van der Waals surface area contributed by atoms with Crippen LogP contribution in [-0.2, 0) is 0 Å². The van der Waals surface area contributed by atoms with Gasteiger partial charge in [0, 0.05) is 28.9 Å². The molecule has 1 aromatic heterocycles. The molecule has 4 heteroatoms. The van der Waals surface area contributed by atoms with Gasteiger partial charge in [0.2, 0.25) is 0 Å². The van der Waals surface area contributed by atoms with Crippen molar-refractivity contribution in [3.63, 3.8) is 0 Å². The minimum absolute atomic E-state index is 0.0588. The van der Waals surface area contributed by atoms with Crippen LogP contribution >= 0.6 is 11.3 Å². The van der Waals surface area contributed by atoms with Crippen LogP contribution in [0, 0.1) is 6.92 Å². The van der Waals surface area contributed by atoms with E-state index in [2.05, 4.69) is 36.2 Å². The van der Waals surface area contributed by atoms with Gasteiger partial charge in [0.1, 0.15) is 0 Å². The number of hydrogen-bond donors (Lipinski definition) is 2. The Labute approximate surface area is 120 Å². The number of likely N-dealkylation sites (tertiary alicyclic amines) is 1. The van der Waals surface area contributed by atoms with Gasteiger partial charge in [0.15, 0.2) is 0 Å². The van der Waals surface area contributed by atoms with Gasteiger partial charge in [-0.3, -0.25) is 0 Å². The molecule has 0 aliphatic carbocycles. The first-order chi connectivity index (χ1) is 9.15. The highest BCUT2D eigenvalue weighted by atomic mass is 32.1. The Kier molecular flexibility index (Phi) is 5.82. The summed E-state index contributed by atoms with van der Waals surface area (Å²) in [4.78, 5) is 5.28. The van der Waals surface area contributed by atoms with E-state index in [-0.39, 0.29) is 6.10 Å². The lowest BCUT2D eigenvalue weighted by Gasteiger charge is -2.29. The Bertz CT molecular complexity index is 372. The second-order valence-corrected chi connectivity index (χ2v) is 6.87. The molecule has 0 saturated carbocycles. The third-order valence-electron chi connectivity index (χ3n) is 3.85. The van der Waals surface area contributed by atoms with Crippen molar-refractivity contribution in [1.82, 2.24) is 10.2 Å². The van der Waals surface area contributed by atoms with Crippen molar-refractivity contribution in [3.05, 3.63) is 21.9 Å². The summed E-state index contributed by atoms with van der Waals surface area (Å²) in [5.74, 6) is 0. The molecular formula is C15H26N2OS. The number of aryl methyl sites for hydroxylation is 1. The molecule has 108 valence electrons. The maximum atomic E-state index is 9.46. The van der Waals surface area contributed by atoms with Gasteiger partial charge in [0.25, 0.3) is 0 Å². The molecule has 1 saturated heterocycles. The summed E-state index contributed by atoms with van der Waals surface area (Å²) in [6, 6.07) is 4.88. The largest absolute Gasteiger partial charge is 0.393 e. The standard InChI is InChI=1S/C15H26N2OS/c1-12-4-5-15(19-12)13(2)16-8-3-9-17-10-6-14(18)7-11-17/h4-5,13-14,16,18H,3,6-11H2,1-2H3. The predicted molar refractivity (Wildman–Crippen MR) is 81.8 cm³/mol. The molecule has 1 fully saturated rings. The van der Waals surface area contributed by atoms with Crippen molar-refractivity contribution in [3.8, 4) is 0 Å². The van der Waals surface area contributed by atoms with Crippen LogP contribution in [0.5, 0.6) is 0 Å². The van der Waals surface area contributed by atoms with Crippen LogP contribution in [0.1, 0.15) is 42.0 Å². The lowest BCUT2D eigenvalue weighted by Crippen LogP contribution is -2.37. The third-order valence-corrected chi connectivity index (χ3v) is 5.03. The van der Waals surface area contributed by atoms with E-state index in [0.717, 1.165) is 39.0 Å². The predicted octanol–water partition coefficient (Wildman–Crippen LogP) is 2.55. The fourth-order valence-corrected chi connectivity index (χ4v) is 3.45. The minimum atomic E-state index is -0.0588. The van der Waals surface area contributed by atoms with Crippen molar-refractivity contribution in [1.29, 1.82) is 0 Å². The molecule has 1 aromatic rings. The first-order valence-corrected chi connectivity index (χ1v) is 8.17.